The fourth-order valence-corrected chi connectivity index (χ4v) is 11.6. The Kier molecular flexibility index (Phi) is 32.7. The van der Waals surface area contributed by atoms with Crippen LogP contribution in [0.4, 0.5) is 0 Å². The summed E-state index contributed by atoms with van der Waals surface area (Å²) in [5.74, 6) is 2.06. The molecule has 0 bridgehead atoms. The first-order valence-electron chi connectivity index (χ1n) is 30.4. The van der Waals surface area contributed by atoms with Crippen LogP contribution in [0, 0.1) is 0 Å². The van der Waals surface area contributed by atoms with Crippen molar-refractivity contribution in [2.75, 3.05) is 121 Å². The zero-order chi connectivity index (χ0) is 64.1. The summed E-state index contributed by atoms with van der Waals surface area (Å²) in [6.45, 7) is 31.9. The Labute approximate surface area is 518 Å². The average Bonchev–Trinajstić information content (AvgIpc) is 2.35. The second-order valence-electron chi connectivity index (χ2n) is 23.6. The fraction of sp³-hybridized carbons (Fsp3) is 0.515. The number of ether oxygens (including phenoxy) is 2. The maximum Gasteiger partial charge on any atom is 0.338 e. The summed E-state index contributed by atoms with van der Waals surface area (Å²) in [6, 6.07) is 37.6. The highest BCUT2D eigenvalue weighted by atomic mass is 32.2. The van der Waals surface area contributed by atoms with Crippen molar-refractivity contribution in [2.24, 2.45) is 0 Å². The van der Waals surface area contributed by atoms with Gasteiger partial charge in [0.2, 0.25) is 20.0 Å². The molecule has 0 aromatic heterocycles. The lowest BCUT2D eigenvalue weighted by atomic mass is 10.0. The number of hydrogen-bond acceptors (Lipinski definition) is 12. The van der Waals surface area contributed by atoms with Crippen molar-refractivity contribution in [1.82, 2.24) is 33.9 Å². The number of carbonyl (C=O) groups is 3. The van der Waals surface area contributed by atoms with Gasteiger partial charge in [-0.1, -0.05) is 137 Å². The Morgan fingerprint density at radius 1 is 0.488 bits per heavy atom. The molecule has 2 aliphatic heterocycles. The lowest BCUT2D eigenvalue weighted by Crippen LogP contribution is -2.48. The van der Waals surface area contributed by atoms with E-state index in [1.807, 2.05) is 130 Å². The highest BCUT2D eigenvalue weighted by molar-refractivity contribution is 7.89. The summed E-state index contributed by atoms with van der Waals surface area (Å²) >= 11 is 0. The van der Waals surface area contributed by atoms with Gasteiger partial charge in [-0.2, -0.15) is 8.61 Å². The smallest absolute Gasteiger partial charge is 0.338 e. The number of nitrogens with one attached hydrogen (secondary N) is 2. The summed E-state index contributed by atoms with van der Waals surface area (Å²) in [4.78, 5) is 41.9. The van der Waals surface area contributed by atoms with Gasteiger partial charge >= 0.3 is 5.97 Å². The van der Waals surface area contributed by atoms with Crippen LogP contribution in [0.25, 0.3) is 0 Å². The van der Waals surface area contributed by atoms with E-state index in [9.17, 15) is 31.2 Å². The van der Waals surface area contributed by atoms with E-state index in [0.29, 0.717) is 103 Å². The van der Waals surface area contributed by atoms with Crippen LogP contribution in [0.15, 0.2) is 131 Å². The van der Waals surface area contributed by atoms with Crippen LogP contribution < -0.4 is 10.6 Å². The van der Waals surface area contributed by atoms with E-state index in [2.05, 4.69) is 96.6 Å². The molecule has 2 heterocycles. The molecule has 0 aliphatic carbocycles. The molecule has 2 amide bonds. The van der Waals surface area contributed by atoms with Gasteiger partial charge in [0.1, 0.15) is 0 Å². The molecule has 2 fully saturated rings. The minimum absolute atomic E-state index is 0.00200. The van der Waals surface area contributed by atoms with Crippen molar-refractivity contribution in [3.05, 3.63) is 166 Å². The zero-order valence-corrected chi connectivity index (χ0v) is 56.2. The van der Waals surface area contributed by atoms with Gasteiger partial charge in [0.25, 0.3) is 11.8 Å². The van der Waals surface area contributed by atoms with Crippen LogP contribution in [-0.4, -0.2) is 178 Å². The molecule has 5 aromatic rings. The van der Waals surface area contributed by atoms with E-state index >= 15 is 0 Å². The molecule has 86 heavy (non-hydrogen) atoms. The number of piperazine rings is 1. The lowest BCUT2D eigenvalue weighted by Gasteiger charge is -2.33. The lowest BCUT2D eigenvalue weighted by molar-refractivity contribution is 0.0492. The largest absolute Gasteiger partial charge is 0.462 e. The zero-order valence-electron chi connectivity index (χ0n) is 54.6. The Bertz CT molecular complexity index is 2970. The van der Waals surface area contributed by atoms with Crippen molar-refractivity contribution in [3.63, 3.8) is 0 Å². The van der Waals surface area contributed by atoms with E-state index in [1.165, 1.54) is 26.6 Å². The first kappa shape index (κ1) is 74.4. The molecule has 5 aromatic carbocycles. The predicted molar refractivity (Wildman–Crippen MR) is 351 cm³/mol. The molecule has 0 radical (unpaired) electrons. The second kappa shape index (κ2) is 37.8. The molecule has 0 spiro atoms. The van der Waals surface area contributed by atoms with Gasteiger partial charge in [0, 0.05) is 77.1 Å². The fourth-order valence-electron chi connectivity index (χ4n) is 8.73. The Morgan fingerprint density at radius 2 is 0.826 bits per heavy atom. The van der Waals surface area contributed by atoms with Crippen LogP contribution in [0.1, 0.15) is 171 Å². The SMILES string of the molecule is CC(C)c1ccc(C(=O)NCCN(C)C)cc1.CC(C)c1ccc(C(=O)OCCCN(C)C)cc1.CC(C)c1ccc(S(=O)(=O)N2CCOCC2)cc1.CCN1CCN(S(=O)(=O)c2ccc(C(C)C)cc2)CC1.CNC(=O)c1ccc(C(C)C)cc1. The number of benzene rings is 5. The third kappa shape index (κ3) is 25.5. The van der Waals surface area contributed by atoms with Crippen molar-refractivity contribution in [2.45, 2.75) is 122 Å². The molecule has 0 atom stereocenters. The van der Waals surface area contributed by atoms with Crippen molar-refractivity contribution in [1.29, 1.82) is 0 Å². The van der Waals surface area contributed by atoms with Gasteiger partial charge in [0.15, 0.2) is 0 Å². The van der Waals surface area contributed by atoms with Crippen LogP contribution in [0.2, 0.25) is 0 Å². The molecule has 2 N–H and O–H groups in total. The number of hydrogen-bond donors (Lipinski definition) is 2. The van der Waals surface area contributed by atoms with Crippen LogP contribution in [0.5, 0.6) is 0 Å². The van der Waals surface area contributed by atoms with Crippen LogP contribution >= 0.6 is 0 Å². The van der Waals surface area contributed by atoms with Crippen molar-refractivity contribution < 1.29 is 40.7 Å². The summed E-state index contributed by atoms with van der Waals surface area (Å²) in [6.07, 6.45) is 0.864. The summed E-state index contributed by atoms with van der Waals surface area (Å²) in [5.41, 5.74) is 8.14. The molecule has 0 unspecified atom stereocenters. The third-order valence-electron chi connectivity index (χ3n) is 14.7. The molecular weight excluding hydrogens is 1120 g/mol. The normalized spacial score (nSPS) is 14.1. The van der Waals surface area contributed by atoms with E-state index in [1.54, 1.807) is 35.6 Å². The Hall–Kier alpha value is -5.83. The number of carbonyl (C=O) groups excluding carboxylic acids is 3. The number of rotatable bonds is 20. The molecular formula is C68H103N7O9S2. The van der Waals surface area contributed by atoms with Gasteiger partial charge in [-0.05, 0) is 159 Å². The number of esters is 1. The minimum atomic E-state index is -3.35. The standard InChI is InChI=1S/C15H24N2O2S.C15H23NO2.C14H22N2O.C13H19NO3S.C11H15NO/c1-4-16-9-11-17(12-10-16)20(18,19)15-7-5-14(6-8-15)13(2)3;1-12(2)13-6-8-14(9-7-13)15(17)18-11-5-10-16(3)4;1-11(2)12-5-7-13(8-6-12)14(17)15-9-10-16(3)4;1-11(2)12-3-5-13(6-4-12)18(15,16)14-7-9-17-10-8-14;1-8(2)9-4-6-10(7-5-9)11(13)12-3/h5-8,13H,4,9-12H2,1-3H3;6-9,12H,5,10-11H2,1-4H3;5-8,11H,9-10H2,1-4H3,(H,15,17);3-6,11H,7-10H2,1-2H3;4-8H,1-3H3,(H,12,13). The van der Waals surface area contributed by atoms with Gasteiger partial charge in [-0.25, -0.2) is 21.6 Å². The number of morpholine rings is 1. The molecule has 0 saturated carbocycles. The van der Waals surface area contributed by atoms with Gasteiger partial charge in [-0.15, -0.1) is 0 Å². The van der Waals surface area contributed by atoms with E-state index in [0.717, 1.165) is 50.3 Å². The van der Waals surface area contributed by atoms with E-state index in [4.69, 9.17) is 9.47 Å². The van der Waals surface area contributed by atoms with E-state index < -0.39 is 20.0 Å². The quantitative estimate of drug-likeness (QED) is 0.0557. The summed E-state index contributed by atoms with van der Waals surface area (Å²) in [7, 11) is 2.95. The Morgan fingerprint density at radius 3 is 1.16 bits per heavy atom. The van der Waals surface area contributed by atoms with Crippen molar-refractivity contribution >= 4 is 37.8 Å². The van der Waals surface area contributed by atoms with E-state index in [-0.39, 0.29) is 17.8 Å². The number of sulfonamides is 2. The highest BCUT2D eigenvalue weighted by Gasteiger charge is 2.29. The van der Waals surface area contributed by atoms with Gasteiger partial charge in [0.05, 0.1) is 35.2 Å². The van der Waals surface area contributed by atoms with Crippen LogP contribution in [-0.2, 0) is 29.5 Å². The molecule has 18 heteroatoms. The highest BCUT2D eigenvalue weighted by Crippen LogP contribution is 2.24. The molecule has 16 nitrogen and oxygen atoms in total. The number of nitrogens with zero attached hydrogens (tertiary/aromatic N) is 5. The molecule has 476 valence electrons. The number of likely N-dealkylation sites (N-methyl/N-ethyl adjacent to an activating group) is 2. The predicted octanol–water partition coefficient (Wildman–Crippen LogP) is 11.2. The van der Waals surface area contributed by atoms with Crippen LogP contribution in [0.3, 0.4) is 0 Å². The molecule has 2 aliphatic rings. The van der Waals surface area contributed by atoms with Gasteiger partial charge < -0.3 is 34.8 Å². The third-order valence-corrected chi connectivity index (χ3v) is 18.5. The average molecular weight is 1230 g/mol. The summed E-state index contributed by atoms with van der Waals surface area (Å²) < 4.78 is 63.3. The topological polar surface area (TPSA) is 178 Å². The number of amides is 2. The minimum Gasteiger partial charge on any atom is -0.462 e. The van der Waals surface area contributed by atoms with Gasteiger partial charge in [-0.3, -0.25) is 9.59 Å². The monoisotopic (exact) mass is 1230 g/mol. The molecule has 2 saturated heterocycles. The maximum atomic E-state index is 12.6. The second-order valence-corrected chi connectivity index (χ2v) is 27.4. The Balaban J connectivity index is 0.000000283. The maximum absolute atomic E-state index is 12.6. The first-order valence-corrected chi connectivity index (χ1v) is 33.3. The first-order chi connectivity index (χ1) is 40.6. The molecule has 7 rings (SSSR count). The van der Waals surface area contributed by atoms with Crippen molar-refractivity contribution in [3.8, 4) is 0 Å². The summed E-state index contributed by atoms with van der Waals surface area (Å²) in [5, 5.41) is 5.49.